The van der Waals surface area contributed by atoms with Crippen molar-refractivity contribution in [3.05, 3.63) is 53.4 Å². The minimum Gasteiger partial charge on any atom is -0.487 e. The number of aryl methyl sites for hydroxylation is 1. The number of benzene rings is 1. The van der Waals surface area contributed by atoms with E-state index in [1.54, 1.807) is 29.9 Å². The molecule has 0 aliphatic carbocycles. The summed E-state index contributed by atoms with van der Waals surface area (Å²) < 4.78 is 7.03. The van der Waals surface area contributed by atoms with Crippen LogP contribution >= 0.6 is 23.1 Å². The van der Waals surface area contributed by atoms with Gasteiger partial charge in [0.15, 0.2) is 4.34 Å². The number of aromatic nitrogens is 3. The van der Waals surface area contributed by atoms with E-state index in [-0.39, 0.29) is 12.0 Å². The van der Waals surface area contributed by atoms with E-state index in [1.165, 1.54) is 11.8 Å². The zero-order valence-corrected chi connectivity index (χ0v) is 16.3. The fraction of sp³-hybridized carbons (Fsp3) is 0.263. The highest BCUT2D eigenvalue weighted by Gasteiger charge is 2.26. The molecule has 3 aromatic rings. The predicted molar refractivity (Wildman–Crippen MR) is 106 cm³/mol. The standard InChI is InChI=1S/C19H18N4O2S2/c1-12-10-26-19(23-12)27-11-17(24)22-8-14-7-13-3-2-4-15(18(13)25-14)16-9-20-5-6-21-16/h2-6,9-10,14H,7-8,11H2,1H3,(H,22,24)/t14-/m0/s1. The van der Waals surface area contributed by atoms with Crippen molar-refractivity contribution in [1.29, 1.82) is 0 Å². The molecule has 1 aromatic carbocycles. The number of nitrogens with zero attached hydrogens (tertiary/aromatic N) is 3. The van der Waals surface area contributed by atoms with Crippen molar-refractivity contribution in [3.63, 3.8) is 0 Å². The third-order valence-electron chi connectivity index (χ3n) is 4.12. The second kappa shape index (κ2) is 8.06. The molecule has 0 fully saturated rings. The van der Waals surface area contributed by atoms with E-state index >= 15 is 0 Å². The molecule has 0 saturated heterocycles. The minimum atomic E-state index is -0.0751. The summed E-state index contributed by atoms with van der Waals surface area (Å²) in [6.07, 6.45) is 5.74. The Morgan fingerprint density at radius 3 is 3.11 bits per heavy atom. The number of fused-ring (bicyclic) bond motifs is 1. The third-order valence-corrected chi connectivity index (χ3v) is 6.26. The first kappa shape index (κ1) is 17.9. The number of carbonyl (C=O) groups excluding carboxylic acids is 1. The van der Waals surface area contributed by atoms with Crippen LogP contribution < -0.4 is 10.1 Å². The monoisotopic (exact) mass is 398 g/mol. The van der Waals surface area contributed by atoms with Gasteiger partial charge in [0, 0.05) is 35.5 Å². The van der Waals surface area contributed by atoms with Crippen molar-refractivity contribution >= 4 is 29.0 Å². The normalized spacial score (nSPS) is 15.2. The molecule has 1 N–H and O–H groups in total. The van der Waals surface area contributed by atoms with E-state index in [9.17, 15) is 4.79 Å². The smallest absolute Gasteiger partial charge is 0.230 e. The van der Waals surface area contributed by atoms with Gasteiger partial charge in [0.2, 0.25) is 5.91 Å². The SMILES string of the molecule is Cc1csc(SCC(=O)NC[C@@H]2Cc3cccc(-c4cnccn4)c3O2)n1. The first-order chi connectivity index (χ1) is 13.2. The number of thioether (sulfide) groups is 1. The van der Waals surface area contributed by atoms with E-state index in [2.05, 4.69) is 26.3 Å². The molecule has 0 unspecified atom stereocenters. The first-order valence-corrected chi connectivity index (χ1v) is 10.4. The average Bonchev–Trinajstić information content (AvgIpc) is 3.30. The fourth-order valence-corrected chi connectivity index (χ4v) is 4.58. The van der Waals surface area contributed by atoms with Crippen LogP contribution in [-0.2, 0) is 11.2 Å². The summed E-state index contributed by atoms with van der Waals surface area (Å²) in [5, 5.41) is 4.94. The average molecular weight is 399 g/mol. The number of nitrogens with one attached hydrogen (secondary N) is 1. The van der Waals surface area contributed by atoms with Crippen LogP contribution in [0.5, 0.6) is 5.75 Å². The second-order valence-corrected chi connectivity index (χ2v) is 8.26. The number of hydrogen-bond donors (Lipinski definition) is 1. The number of carbonyl (C=O) groups is 1. The molecular weight excluding hydrogens is 380 g/mol. The molecular formula is C19H18N4O2S2. The van der Waals surface area contributed by atoms with Gasteiger partial charge in [-0.15, -0.1) is 11.3 Å². The van der Waals surface area contributed by atoms with Gasteiger partial charge in [0.25, 0.3) is 0 Å². The highest BCUT2D eigenvalue weighted by molar-refractivity contribution is 8.01. The van der Waals surface area contributed by atoms with Gasteiger partial charge in [-0.2, -0.15) is 0 Å². The van der Waals surface area contributed by atoms with Gasteiger partial charge in [-0.25, -0.2) is 4.98 Å². The van der Waals surface area contributed by atoms with E-state index in [0.717, 1.165) is 39.0 Å². The van der Waals surface area contributed by atoms with Crippen molar-refractivity contribution in [2.24, 2.45) is 0 Å². The van der Waals surface area contributed by atoms with Crippen LogP contribution in [0.2, 0.25) is 0 Å². The topological polar surface area (TPSA) is 77.0 Å². The maximum absolute atomic E-state index is 12.1. The fourth-order valence-electron chi connectivity index (χ4n) is 2.90. The van der Waals surface area contributed by atoms with Gasteiger partial charge in [0.1, 0.15) is 11.9 Å². The molecule has 0 spiro atoms. The summed E-state index contributed by atoms with van der Waals surface area (Å²) in [6.45, 7) is 2.43. The molecule has 2 aromatic heterocycles. The summed E-state index contributed by atoms with van der Waals surface area (Å²) in [5.41, 5.74) is 3.84. The maximum Gasteiger partial charge on any atom is 0.230 e. The predicted octanol–water partition coefficient (Wildman–Crippen LogP) is 3.12. The second-order valence-electron chi connectivity index (χ2n) is 6.18. The molecule has 1 amide bonds. The molecule has 1 aliphatic rings. The molecule has 1 aliphatic heterocycles. The van der Waals surface area contributed by atoms with Crippen LogP contribution in [0.25, 0.3) is 11.3 Å². The van der Waals surface area contributed by atoms with E-state index in [0.29, 0.717) is 12.3 Å². The van der Waals surface area contributed by atoms with Gasteiger partial charge in [-0.1, -0.05) is 23.9 Å². The molecule has 0 radical (unpaired) electrons. The van der Waals surface area contributed by atoms with Crippen molar-refractivity contribution in [2.75, 3.05) is 12.3 Å². The van der Waals surface area contributed by atoms with Crippen LogP contribution in [0.3, 0.4) is 0 Å². The summed E-state index contributed by atoms with van der Waals surface area (Å²) in [4.78, 5) is 25.0. The third kappa shape index (κ3) is 4.28. The molecule has 8 heteroatoms. The summed E-state index contributed by atoms with van der Waals surface area (Å²) in [6, 6.07) is 6.04. The summed E-state index contributed by atoms with van der Waals surface area (Å²) in [7, 11) is 0. The lowest BCUT2D eigenvalue weighted by atomic mass is 10.0. The van der Waals surface area contributed by atoms with Crippen molar-refractivity contribution < 1.29 is 9.53 Å². The Labute approximate surface area is 165 Å². The Morgan fingerprint density at radius 2 is 2.33 bits per heavy atom. The zero-order valence-electron chi connectivity index (χ0n) is 14.7. The van der Waals surface area contributed by atoms with E-state index < -0.39 is 0 Å². The molecule has 138 valence electrons. The molecule has 0 saturated carbocycles. The van der Waals surface area contributed by atoms with Crippen LogP contribution in [0.1, 0.15) is 11.3 Å². The Hall–Kier alpha value is -2.45. The Bertz CT molecular complexity index is 946. The highest BCUT2D eigenvalue weighted by atomic mass is 32.2. The number of hydrogen-bond acceptors (Lipinski definition) is 7. The first-order valence-electron chi connectivity index (χ1n) is 8.55. The number of thiazole rings is 1. The molecule has 3 heterocycles. The number of amides is 1. The zero-order chi connectivity index (χ0) is 18.6. The van der Waals surface area contributed by atoms with Crippen LogP contribution in [0, 0.1) is 6.92 Å². The lowest BCUT2D eigenvalue weighted by Gasteiger charge is -2.13. The van der Waals surface area contributed by atoms with Crippen molar-refractivity contribution in [2.45, 2.75) is 23.8 Å². The van der Waals surface area contributed by atoms with Gasteiger partial charge < -0.3 is 10.1 Å². The largest absolute Gasteiger partial charge is 0.487 e. The van der Waals surface area contributed by atoms with Gasteiger partial charge in [-0.3, -0.25) is 14.8 Å². The van der Waals surface area contributed by atoms with E-state index in [4.69, 9.17) is 4.74 Å². The maximum atomic E-state index is 12.1. The Balaban J connectivity index is 1.33. The molecule has 6 nitrogen and oxygen atoms in total. The van der Waals surface area contributed by atoms with Crippen LogP contribution in [0.4, 0.5) is 0 Å². The summed E-state index contributed by atoms with van der Waals surface area (Å²) >= 11 is 3.02. The number of ether oxygens (including phenoxy) is 1. The van der Waals surface area contributed by atoms with Crippen molar-refractivity contribution in [1.82, 2.24) is 20.3 Å². The lowest BCUT2D eigenvalue weighted by molar-refractivity contribution is -0.118. The molecule has 1 atom stereocenters. The summed E-state index contributed by atoms with van der Waals surface area (Å²) in [5.74, 6) is 1.18. The van der Waals surface area contributed by atoms with E-state index in [1.807, 2.05) is 24.4 Å². The number of para-hydroxylation sites is 1. The van der Waals surface area contributed by atoms with Crippen LogP contribution in [-0.4, -0.2) is 39.3 Å². The van der Waals surface area contributed by atoms with Crippen LogP contribution in [0.15, 0.2) is 46.5 Å². The Kier molecular flexibility index (Phi) is 5.35. The lowest BCUT2D eigenvalue weighted by Crippen LogP contribution is -2.35. The minimum absolute atomic E-state index is 0.0124. The molecule has 0 bridgehead atoms. The Morgan fingerprint density at radius 1 is 1.41 bits per heavy atom. The molecule has 4 rings (SSSR count). The molecule has 27 heavy (non-hydrogen) atoms. The highest BCUT2D eigenvalue weighted by Crippen LogP contribution is 2.37. The van der Waals surface area contributed by atoms with Gasteiger partial charge >= 0.3 is 0 Å². The van der Waals surface area contributed by atoms with Gasteiger partial charge in [0.05, 0.1) is 24.2 Å². The van der Waals surface area contributed by atoms with Gasteiger partial charge in [-0.05, 0) is 18.6 Å². The quantitative estimate of drug-likeness (QED) is 0.643. The number of rotatable bonds is 6. The van der Waals surface area contributed by atoms with Crippen molar-refractivity contribution in [3.8, 4) is 17.0 Å².